The van der Waals surface area contributed by atoms with Crippen molar-refractivity contribution in [1.29, 1.82) is 0 Å². The van der Waals surface area contributed by atoms with Gasteiger partial charge in [0.05, 0.1) is 39.7 Å². The molecule has 0 spiro atoms. The molecule has 0 saturated carbocycles. The number of nitrogens with zero attached hydrogens (tertiary/aromatic N) is 2. The van der Waals surface area contributed by atoms with Crippen LogP contribution in [-0.4, -0.2) is 63.6 Å². The predicted molar refractivity (Wildman–Crippen MR) is 119 cm³/mol. The molecule has 1 fully saturated rings. The fourth-order valence-corrected chi connectivity index (χ4v) is 3.91. The highest BCUT2D eigenvalue weighted by molar-refractivity contribution is 5.99. The Morgan fingerprint density at radius 1 is 1.03 bits per heavy atom. The summed E-state index contributed by atoms with van der Waals surface area (Å²) in [7, 11) is 6.35. The van der Waals surface area contributed by atoms with Crippen LogP contribution in [0, 0.1) is 0 Å². The summed E-state index contributed by atoms with van der Waals surface area (Å²) >= 11 is 0. The number of carbonyl (C=O) groups is 1. The van der Waals surface area contributed by atoms with E-state index in [-0.39, 0.29) is 11.9 Å². The van der Waals surface area contributed by atoms with E-state index in [0.717, 1.165) is 19.4 Å². The summed E-state index contributed by atoms with van der Waals surface area (Å²) in [6, 6.07) is 12.9. The zero-order chi connectivity index (χ0) is 22.4. The summed E-state index contributed by atoms with van der Waals surface area (Å²) in [6.45, 7) is 5.55. The van der Waals surface area contributed by atoms with Crippen molar-refractivity contribution in [1.82, 2.24) is 10.0 Å². The fraction of sp³-hybridized carbons (Fsp3) is 0.375. The summed E-state index contributed by atoms with van der Waals surface area (Å²) in [4.78, 5) is 13.6. The molecule has 0 unspecified atom stereocenters. The number of methoxy groups -OCH3 is 4. The maximum atomic E-state index is 13.6. The topological polar surface area (TPSA) is 60.5 Å². The van der Waals surface area contributed by atoms with Crippen LogP contribution in [0.3, 0.4) is 0 Å². The Bertz CT molecular complexity index is 890. The summed E-state index contributed by atoms with van der Waals surface area (Å²) in [5.74, 6) is 1.34. The molecule has 2 aromatic rings. The number of benzene rings is 2. The average molecular weight is 427 g/mol. The molecule has 0 radical (unpaired) electrons. The van der Waals surface area contributed by atoms with Crippen LogP contribution >= 0.6 is 0 Å². The maximum absolute atomic E-state index is 13.6. The summed E-state index contributed by atoms with van der Waals surface area (Å²) in [6.07, 6.45) is 1.91. The predicted octanol–water partition coefficient (Wildman–Crippen LogP) is 3.85. The van der Waals surface area contributed by atoms with E-state index in [2.05, 4.69) is 6.58 Å². The molecule has 1 amide bonds. The van der Waals surface area contributed by atoms with Gasteiger partial charge in [0, 0.05) is 24.8 Å². The number of hydrogen-bond donors (Lipinski definition) is 0. The second kappa shape index (κ2) is 10.3. The van der Waals surface area contributed by atoms with Crippen molar-refractivity contribution < 1.29 is 23.7 Å². The number of amides is 1. The molecule has 1 aliphatic heterocycles. The van der Waals surface area contributed by atoms with Crippen molar-refractivity contribution in [3.63, 3.8) is 0 Å². The van der Waals surface area contributed by atoms with Crippen molar-refractivity contribution in [3.8, 4) is 17.2 Å². The van der Waals surface area contributed by atoms with Gasteiger partial charge in [0.1, 0.15) is 0 Å². The molecule has 0 bridgehead atoms. The van der Waals surface area contributed by atoms with Gasteiger partial charge in [0.15, 0.2) is 11.5 Å². The number of carbonyl (C=O) groups excluding carboxylic acids is 1. The first-order chi connectivity index (χ1) is 15.0. The smallest absolute Gasteiger partial charge is 0.272 e. The third-order valence-electron chi connectivity index (χ3n) is 5.43. The first-order valence-corrected chi connectivity index (χ1v) is 10.2. The molecule has 0 aliphatic carbocycles. The van der Waals surface area contributed by atoms with E-state index in [4.69, 9.17) is 18.9 Å². The first kappa shape index (κ1) is 22.7. The Hall–Kier alpha value is -3.03. The Kier molecular flexibility index (Phi) is 7.55. The van der Waals surface area contributed by atoms with Gasteiger partial charge in [-0.2, -0.15) is 0 Å². The number of rotatable bonds is 9. The second-order valence-electron chi connectivity index (χ2n) is 7.26. The van der Waals surface area contributed by atoms with Crippen LogP contribution in [0.25, 0.3) is 5.70 Å². The Balaban J connectivity index is 2.07. The zero-order valence-corrected chi connectivity index (χ0v) is 18.6. The summed E-state index contributed by atoms with van der Waals surface area (Å²) in [5.41, 5.74) is 1.80. The van der Waals surface area contributed by atoms with E-state index >= 15 is 0 Å². The fourth-order valence-electron chi connectivity index (χ4n) is 3.91. The van der Waals surface area contributed by atoms with Crippen molar-refractivity contribution in [2.75, 3.05) is 41.6 Å². The SMILES string of the molecule is C=C(c1cc(OC)c(OC)c(OC)c1)N(C(=O)c1ccccc1)N1CCC[C@H]1COC. The van der Waals surface area contributed by atoms with Crippen LogP contribution in [0.15, 0.2) is 49.0 Å². The monoisotopic (exact) mass is 426 g/mol. The van der Waals surface area contributed by atoms with Gasteiger partial charge in [-0.3, -0.25) is 4.79 Å². The Morgan fingerprint density at radius 2 is 1.68 bits per heavy atom. The van der Waals surface area contributed by atoms with Crippen molar-refractivity contribution in [2.45, 2.75) is 18.9 Å². The lowest BCUT2D eigenvalue weighted by atomic mass is 10.1. The molecular weight excluding hydrogens is 396 g/mol. The molecule has 1 saturated heterocycles. The molecule has 0 N–H and O–H groups in total. The lowest BCUT2D eigenvalue weighted by Crippen LogP contribution is -2.49. The van der Waals surface area contributed by atoms with E-state index in [1.165, 1.54) is 0 Å². The van der Waals surface area contributed by atoms with Crippen LogP contribution in [-0.2, 0) is 4.74 Å². The average Bonchev–Trinajstić information content (AvgIpc) is 3.26. The molecule has 3 rings (SSSR count). The molecule has 31 heavy (non-hydrogen) atoms. The lowest BCUT2D eigenvalue weighted by molar-refractivity contribution is -0.00238. The van der Waals surface area contributed by atoms with E-state index < -0.39 is 0 Å². The van der Waals surface area contributed by atoms with Gasteiger partial charge in [-0.15, -0.1) is 0 Å². The van der Waals surface area contributed by atoms with E-state index in [0.29, 0.717) is 40.7 Å². The van der Waals surface area contributed by atoms with Crippen LogP contribution in [0.5, 0.6) is 17.2 Å². The van der Waals surface area contributed by atoms with Gasteiger partial charge in [0.2, 0.25) is 5.75 Å². The van der Waals surface area contributed by atoms with E-state index in [1.54, 1.807) is 57.7 Å². The largest absolute Gasteiger partial charge is 0.493 e. The zero-order valence-electron chi connectivity index (χ0n) is 18.6. The molecule has 1 atom stereocenters. The summed E-state index contributed by atoms with van der Waals surface area (Å²) < 4.78 is 21.8. The lowest BCUT2D eigenvalue weighted by Gasteiger charge is -2.37. The minimum absolute atomic E-state index is 0.0800. The van der Waals surface area contributed by atoms with Gasteiger partial charge in [0.25, 0.3) is 5.91 Å². The van der Waals surface area contributed by atoms with Gasteiger partial charge in [-0.25, -0.2) is 10.0 Å². The Labute approximate surface area is 183 Å². The van der Waals surface area contributed by atoms with Gasteiger partial charge >= 0.3 is 0 Å². The third kappa shape index (κ3) is 4.68. The van der Waals surface area contributed by atoms with Gasteiger partial charge in [-0.05, 0) is 37.1 Å². The third-order valence-corrected chi connectivity index (χ3v) is 5.43. The van der Waals surface area contributed by atoms with Crippen LogP contribution < -0.4 is 14.2 Å². The van der Waals surface area contributed by atoms with Crippen molar-refractivity contribution in [2.24, 2.45) is 0 Å². The minimum Gasteiger partial charge on any atom is -0.493 e. The first-order valence-electron chi connectivity index (χ1n) is 10.2. The van der Waals surface area contributed by atoms with Crippen LogP contribution in [0.1, 0.15) is 28.8 Å². The molecular formula is C24H30N2O5. The Morgan fingerprint density at radius 3 is 2.23 bits per heavy atom. The number of ether oxygens (including phenoxy) is 4. The van der Waals surface area contributed by atoms with Crippen molar-refractivity contribution in [3.05, 3.63) is 60.2 Å². The highest BCUT2D eigenvalue weighted by atomic mass is 16.5. The molecule has 1 aliphatic rings. The molecule has 1 heterocycles. The summed E-state index contributed by atoms with van der Waals surface area (Å²) in [5, 5.41) is 3.71. The van der Waals surface area contributed by atoms with Crippen LogP contribution in [0.4, 0.5) is 0 Å². The standard InChI is InChI=1S/C24H30N2O5/c1-17(19-14-21(29-3)23(31-5)22(15-19)30-4)26(24(27)18-10-7-6-8-11-18)25-13-9-12-20(25)16-28-2/h6-8,10-11,14-15,20H,1,9,12-13,16H2,2-5H3/t20-/m0/s1. The van der Waals surface area contributed by atoms with Gasteiger partial charge in [-0.1, -0.05) is 24.8 Å². The van der Waals surface area contributed by atoms with Crippen molar-refractivity contribution >= 4 is 11.6 Å². The van der Waals surface area contributed by atoms with Crippen LogP contribution in [0.2, 0.25) is 0 Å². The quantitative estimate of drug-likeness (QED) is 0.607. The van der Waals surface area contributed by atoms with Gasteiger partial charge < -0.3 is 18.9 Å². The molecule has 2 aromatic carbocycles. The molecule has 0 aromatic heterocycles. The molecule has 7 nitrogen and oxygen atoms in total. The highest BCUT2D eigenvalue weighted by Gasteiger charge is 2.35. The highest BCUT2D eigenvalue weighted by Crippen LogP contribution is 2.41. The number of hydrazine groups is 1. The maximum Gasteiger partial charge on any atom is 0.272 e. The number of hydrogen-bond acceptors (Lipinski definition) is 6. The molecule has 166 valence electrons. The second-order valence-corrected chi connectivity index (χ2v) is 7.26. The van der Waals surface area contributed by atoms with E-state index in [9.17, 15) is 4.79 Å². The van der Waals surface area contributed by atoms with E-state index in [1.807, 2.05) is 23.2 Å². The normalized spacial score (nSPS) is 16.1. The minimum atomic E-state index is -0.151. The molecule has 7 heteroatoms.